The molecule has 2 rings (SSSR count). The number of rotatable bonds is 5. The lowest BCUT2D eigenvalue weighted by atomic mass is 10.0. The fourth-order valence-electron chi connectivity index (χ4n) is 2.00. The monoisotopic (exact) mass is 357 g/mol. The molecule has 0 saturated heterocycles. The third kappa shape index (κ3) is 3.50. The molecule has 0 aliphatic heterocycles. The first-order valence-electron chi connectivity index (χ1n) is 6.20. The second-order valence-electron chi connectivity index (χ2n) is 4.48. The van der Waals surface area contributed by atoms with Crippen molar-refractivity contribution in [2.24, 2.45) is 0 Å². The van der Waals surface area contributed by atoms with E-state index in [2.05, 4.69) is 21.2 Å². The summed E-state index contributed by atoms with van der Waals surface area (Å²) >= 11 is 3.28. The minimum absolute atomic E-state index is 0.173. The molecule has 1 atom stereocenters. The van der Waals surface area contributed by atoms with Gasteiger partial charge in [0.25, 0.3) is 0 Å². The second-order valence-corrected chi connectivity index (χ2v) is 7.27. The van der Waals surface area contributed by atoms with Crippen LogP contribution in [0.2, 0.25) is 0 Å². The van der Waals surface area contributed by atoms with Gasteiger partial charge >= 0.3 is 0 Å². The maximum absolute atomic E-state index is 11.7. The van der Waals surface area contributed by atoms with E-state index in [9.17, 15) is 8.42 Å². The molecule has 0 spiro atoms. The molecule has 20 heavy (non-hydrogen) atoms. The second kappa shape index (κ2) is 6.11. The van der Waals surface area contributed by atoms with Crippen molar-refractivity contribution in [1.82, 2.24) is 5.32 Å². The Bertz CT molecular complexity index is 694. The fourth-order valence-corrected chi connectivity index (χ4v) is 2.99. The van der Waals surface area contributed by atoms with Gasteiger partial charge in [0, 0.05) is 6.26 Å². The molecule has 0 saturated carbocycles. The SMILES string of the molecule is CCNC(c1cccc(S(C)(=O)=O)c1)c1ccc(Br)o1. The van der Waals surface area contributed by atoms with E-state index in [-0.39, 0.29) is 6.04 Å². The van der Waals surface area contributed by atoms with E-state index >= 15 is 0 Å². The van der Waals surface area contributed by atoms with E-state index in [4.69, 9.17) is 4.42 Å². The molecule has 0 aliphatic rings. The lowest BCUT2D eigenvalue weighted by molar-refractivity contribution is 0.437. The quantitative estimate of drug-likeness (QED) is 0.892. The molecule has 0 aliphatic carbocycles. The summed E-state index contributed by atoms with van der Waals surface area (Å²) in [7, 11) is -3.22. The number of furan rings is 1. The Balaban J connectivity index is 2.45. The highest BCUT2D eigenvalue weighted by Crippen LogP contribution is 2.27. The smallest absolute Gasteiger partial charge is 0.175 e. The Morgan fingerprint density at radius 3 is 2.60 bits per heavy atom. The first kappa shape index (κ1) is 15.3. The molecule has 1 unspecified atom stereocenters. The van der Waals surface area contributed by atoms with Crippen molar-refractivity contribution in [2.45, 2.75) is 17.9 Å². The number of hydrogen-bond donors (Lipinski definition) is 1. The van der Waals surface area contributed by atoms with Crippen LogP contribution in [0, 0.1) is 0 Å². The zero-order valence-corrected chi connectivity index (χ0v) is 13.7. The largest absolute Gasteiger partial charge is 0.452 e. The third-order valence-electron chi connectivity index (χ3n) is 2.91. The van der Waals surface area contributed by atoms with Crippen LogP contribution < -0.4 is 5.32 Å². The van der Waals surface area contributed by atoms with Crippen molar-refractivity contribution in [2.75, 3.05) is 12.8 Å². The Hall–Kier alpha value is -1.11. The van der Waals surface area contributed by atoms with E-state index in [0.29, 0.717) is 9.56 Å². The van der Waals surface area contributed by atoms with Crippen LogP contribution >= 0.6 is 15.9 Å². The molecule has 4 nitrogen and oxygen atoms in total. The summed E-state index contributed by atoms with van der Waals surface area (Å²) in [6.07, 6.45) is 1.21. The molecule has 6 heteroatoms. The molecule has 1 aromatic heterocycles. The Kier molecular flexibility index (Phi) is 4.67. The number of benzene rings is 1. The number of sulfone groups is 1. The zero-order valence-electron chi connectivity index (χ0n) is 11.3. The van der Waals surface area contributed by atoms with Gasteiger partial charge in [-0.1, -0.05) is 19.1 Å². The van der Waals surface area contributed by atoms with Crippen LogP contribution in [0.4, 0.5) is 0 Å². The maximum atomic E-state index is 11.7. The normalized spacial score (nSPS) is 13.3. The van der Waals surface area contributed by atoms with E-state index < -0.39 is 9.84 Å². The Labute approximate surface area is 127 Å². The fraction of sp³-hybridized carbons (Fsp3) is 0.286. The van der Waals surface area contributed by atoms with Gasteiger partial charge in [-0.2, -0.15) is 0 Å². The average Bonchev–Trinajstić information content (AvgIpc) is 2.81. The molecule has 0 radical (unpaired) electrons. The molecule has 1 aromatic carbocycles. The van der Waals surface area contributed by atoms with Gasteiger partial charge in [0.05, 0.1) is 10.9 Å². The lowest BCUT2D eigenvalue weighted by Crippen LogP contribution is -2.21. The summed E-state index contributed by atoms with van der Waals surface area (Å²) in [6.45, 7) is 2.73. The van der Waals surface area contributed by atoms with Crippen molar-refractivity contribution in [3.05, 3.63) is 52.4 Å². The number of hydrogen-bond acceptors (Lipinski definition) is 4. The first-order chi connectivity index (χ1) is 9.41. The van der Waals surface area contributed by atoms with E-state index in [1.165, 1.54) is 6.26 Å². The zero-order chi connectivity index (χ0) is 14.8. The van der Waals surface area contributed by atoms with Gasteiger partial charge in [0.2, 0.25) is 0 Å². The van der Waals surface area contributed by atoms with Crippen LogP contribution in [0.1, 0.15) is 24.3 Å². The van der Waals surface area contributed by atoms with Gasteiger partial charge in [0.15, 0.2) is 14.5 Å². The number of nitrogens with one attached hydrogen (secondary N) is 1. The van der Waals surface area contributed by atoms with Gasteiger partial charge in [-0.15, -0.1) is 0 Å². The first-order valence-corrected chi connectivity index (χ1v) is 8.89. The molecule has 1 heterocycles. The van der Waals surface area contributed by atoms with Crippen LogP contribution in [0.3, 0.4) is 0 Å². The molecule has 108 valence electrons. The summed E-state index contributed by atoms with van der Waals surface area (Å²) in [5.74, 6) is 0.740. The summed E-state index contributed by atoms with van der Waals surface area (Å²) < 4.78 is 29.5. The van der Waals surface area contributed by atoms with Gasteiger partial charge in [-0.05, 0) is 52.3 Å². The summed E-state index contributed by atoms with van der Waals surface area (Å²) in [6, 6.07) is 10.4. The molecule has 0 amide bonds. The third-order valence-corrected chi connectivity index (χ3v) is 4.44. The summed E-state index contributed by atoms with van der Waals surface area (Å²) in [5, 5.41) is 3.30. The van der Waals surface area contributed by atoms with Crippen molar-refractivity contribution in [1.29, 1.82) is 0 Å². The Morgan fingerprint density at radius 2 is 2.05 bits per heavy atom. The molecule has 1 N–H and O–H groups in total. The van der Waals surface area contributed by atoms with Crippen molar-refractivity contribution < 1.29 is 12.8 Å². The molecular formula is C14H16BrNO3S. The van der Waals surface area contributed by atoms with Gasteiger partial charge in [-0.25, -0.2) is 8.42 Å². The van der Waals surface area contributed by atoms with E-state index in [1.54, 1.807) is 18.2 Å². The lowest BCUT2D eigenvalue weighted by Gasteiger charge is -2.16. The summed E-state index contributed by atoms with van der Waals surface area (Å²) in [5.41, 5.74) is 0.858. The van der Waals surface area contributed by atoms with Gasteiger partial charge < -0.3 is 9.73 Å². The minimum atomic E-state index is -3.22. The van der Waals surface area contributed by atoms with Gasteiger partial charge in [-0.3, -0.25) is 0 Å². The molecular weight excluding hydrogens is 342 g/mol. The Morgan fingerprint density at radius 1 is 1.30 bits per heavy atom. The topological polar surface area (TPSA) is 59.3 Å². The van der Waals surface area contributed by atoms with Crippen LogP contribution in [0.5, 0.6) is 0 Å². The minimum Gasteiger partial charge on any atom is -0.452 e. The number of halogens is 1. The van der Waals surface area contributed by atoms with Crippen molar-refractivity contribution >= 4 is 25.8 Å². The highest BCUT2D eigenvalue weighted by Gasteiger charge is 2.18. The maximum Gasteiger partial charge on any atom is 0.175 e. The molecule has 0 fully saturated rings. The standard InChI is InChI=1S/C14H16BrNO3S/c1-3-16-14(12-7-8-13(15)19-12)10-5-4-6-11(9-10)20(2,17)18/h4-9,14,16H,3H2,1-2H3. The van der Waals surface area contributed by atoms with Crippen LogP contribution in [-0.2, 0) is 9.84 Å². The molecule has 2 aromatic rings. The van der Waals surface area contributed by atoms with Crippen LogP contribution in [-0.4, -0.2) is 21.2 Å². The van der Waals surface area contributed by atoms with Crippen LogP contribution in [0.25, 0.3) is 0 Å². The predicted molar refractivity (Wildman–Crippen MR) is 81.5 cm³/mol. The van der Waals surface area contributed by atoms with E-state index in [1.807, 2.05) is 25.1 Å². The predicted octanol–water partition coefficient (Wildman–Crippen LogP) is 3.14. The average molecular weight is 358 g/mol. The van der Waals surface area contributed by atoms with Gasteiger partial charge in [0.1, 0.15) is 5.76 Å². The highest BCUT2D eigenvalue weighted by molar-refractivity contribution is 9.10. The van der Waals surface area contributed by atoms with E-state index in [0.717, 1.165) is 17.9 Å². The molecule has 0 bridgehead atoms. The van der Waals surface area contributed by atoms with Crippen molar-refractivity contribution in [3.63, 3.8) is 0 Å². The van der Waals surface area contributed by atoms with Crippen LogP contribution in [0.15, 0.2) is 50.4 Å². The van der Waals surface area contributed by atoms with Crippen molar-refractivity contribution in [3.8, 4) is 0 Å². The summed E-state index contributed by atoms with van der Waals surface area (Å²) in [4.78, 5) is 0.309. The highest BCUT2D eigenvalue weighted by atomic mass is 79.9.